The highest BCUT2D eigenvalue weighted by molar-refractivity contribution is 5.99. The maximum Gasteiger partial charge on any atom is 0.251 e. The molecule has 2 aromatic rings. The van der Waals surface area contributed by atoms with Gasteiger partial charge in [0, 0.05) is 36.8 Å². The molecule has 0 aromatic heterocycles. The van der Waals surface area contributed by atoms with Crippen LogP contribution >= 0.6 is 0 Å². The third-order valence-electron chi connectivity index (χ3n) is 7.86. The van der Waals surface area contributed by atoms with E-state index in [9.17, 15) is 24.6 Å². The molecule has 0 bridgehead atoms. The first kappa shape index (κ1) is 29.7. The molecule has 0 radical (unpaired) electrons. The largest absolute Gasteiger partial charge is 0.392 e. The van der Waals surface area contributed by atoms with Crippen LogP contribution in [0.15, 0.2) is 48.5 Å². The van der Waals surface area contributed by atoms with Crippen LogP contribution in [0.4, 0.5) is 5.69 Å². The lowest BCUT2D eigenvalue weighted by Crippen LogP contribution is -2.53. The average Bonchev–Trinajstić information content (AvgIpc) is 3.41. The van der Waals surface area contributed by atoms with Gasteiger partial charge in [-0.1, -0.05) is 49.6 Å². The van der Waals surface area contributed by atoms with Crippen molar-refractivity contribution in [1.82, 2.24) is 16.0 Å². The molecule has 1 aliphatic heterocycles. The van der Waals surface area contributed by atoms with Crippen LogP contribution in [0.3, 0.4) is 0 Å². The molecule has 9 heteroatoms. The third-order valence-corrected chi connectivity index (χ3v) is 7.86. The Balaban J connectivity index is 1.44. The van der Waals surface area contributed by atoms with Gasteiger partial charge in [0.05, 0.1) is 24.8 Å². The smallest absolute Gasteiger partial charge is 0.251 e. The van der Waals surface area contributed by atoms with Crippen LogP contribution in [-0.2, 0) is 22.6 Å². The molecule has 2 fully saturated rings. The molecular weight excluding hydrogens is 508 g/mol. The number of aliphatic hydroxyl groups excluding tert-OH is 2. The van der Waals surface area contributed by atoms with Crippen molar-refractivity contribution >= 4 is 23.4 Å². The second-order valence-electron chi connectivity index (χ2n) is 11.0. The van der Waals surface area contributed by atoms with Crippen molar-refractivity contribution in [2.24, 2.45) is 0 Å². The lowest BCUT2D eigenvalue weighted by atomic mass is 9.95. The Hall–Kier alpha value is -3.27. The number of carbonyl (C=O) groups is 3. The Bertz CT molecular complexity index is 1150. The van der Waals surface area contributed by atoms with Gasteiger partial charge in [-0.15, -0.1) is 0 Å². The highest BCUT2D eigenvalue weighted by atomic mass is 16.3. The quantitative estimate of drug-likeness (QED) is 0.276. The number of hydrogen-bond donors (Lipinski definition) is 5. The van der Waals surface area contributed by atoms with Gasteiger partial charge < -0.3 is 31.1 Å². The van der Waals surface area contributed by atoms with Crippen molar-refractivity contribution in [3.63, 3.8) is 0 Å². The van der Waals surface area contributed by atoms with Gasteiger partial charge in [-0.25, -0.2) is 0 Å². The Kier molecular flexibility index (Phi) is 10.7. The van der Waals surface area contributed by atoms with Crippen molar-refractivity contribution in [3.8, 4) is 0 Å². The van der Waals surface area contributed by atoms with E-state index >= 15 is 0 Å². The molecule has 1 aliphatic carbocycles. The van der Waals surface area contributed by atoms with Gasteiger partial charge >= 0.3 is 0 Å². The molecule has 5 N–H and O–H groups in total. The Morgan fingerprint density at radius 3 is 2.45 bits per heavy atom. The van der Waals surface area contributed by atoms with Crippen LogP contribution in [0.25, 0.3) is 0 Å². The van der Waals surface area contributed by atoms with Crippen molar-refractivity contribution in [3.05, 3.63) is 65.2 Å². The van der Waals surface area contributed by atoms with E-state index in [0.717, 1.165) is 37.7 Å². The van der Waals surface area contributed by atoms with E-state index in [1.54, 1.807) is 30.0 Å². The number of hydrogen-bond acceptors (Lipinski definition) is 6. The molecule has 0 spiro atoms. The molecule has 9 nitrogen and oxygen atoms in total. The zero-order valence-electron chi connectivity index (χ0n) is 23.3. The fourth-order valence-corrected chi connectivity index (χ4v) is 5.48. The van der Waals surface area contributed by atoms with E-state index in [2.05, 4.69) is 16.0 Å². The minimum atomic E-state index is -0.977. The molecule has 216 valence electrons. The summed E-state index contributed by atoms with van der Waals surface area (Å²) >= 11 is 0. The molecule has 3 amide bonds. The summed E-state index contributed by atoms with van der Waals surface area (Å²) in [5.41, 5.74) is 2.36. The van der Waals surface area contributed by atoms with Gasteiger partial charge in [0.1, 0.15) is 0 Å². The topological polar surface area (TPSA) is 131 Å². The van der Waals surface area contributed by atoms with Gasteiger partial charge in [-0.2, -0.15) is 0 Å². The number of rotatable bonds is 12. The van der Waals surface area contributed by atoms with Gasteiger partial charge in [0.25, 0.3) is 5.91 Å². The third kappa shape index (κ3) is 8.13. The molecule has 40 heavy (non-hydrogen) atoms. The Labute approximate surface area is 236 Å². The maximum atomic E-state index is 13.4. The molecule has 2 aliphatic rings. The summed E-state index contributed by atoms with van der Waals surface area (Å²) in [6, 6.07) is 13.6. The number of nitrogens with zero attached hydrogens (tertiary/aromatic N) is 1. The summed E-state index contributed by atoms with van der Waals surface area (Å²) in [5.74, 6) is -0.509. The number of amides is 3. The highest BCUT2D eigenvalue weighted by Crippen LogP contribution is 2.25. The molecule has 4 rings (SSSR count). The zero-order chi connectivity index (χ0) is 28.5. The first-order chi connectivity index (χ1) is 19.3. The minimum Gasteiger partial charge on any atom is -0.392 e. The standard InChI is InChI=1S/C31H42N4O5/c1-21(30(39)33-25-11-6-3-7-12-25)32-19-28(37)27(17-22-9-4-2-5-10-22)34-31(40)24-15-23(20-36)16-26(18-24)35-14-8-13-29(35)38/h2,4-5,9-10,15-16,18,21,25,27-28,32,36-37H,3,6-8,11-14,17,19-20H2,1H3,(H,33,39)(H,34,40)/t21-,27-,28-/m0/s1. The molecule has 3 atom stereocenters. The van der Waals surface area contributed by atoms with Crippen LogP contribution in [0, 0.1) is 0 Å². The van der Waals surface area contributed by atoms with Crippen LogP contribution in [0.1, 0.15) is 73.4 Å². The SMILES string of the molecule is C[C@H](NC[C@H](O)[C@H](Cc1ccccc1)NC(=O)c1cc(CO)cc(N2CCCC2=O)c1)C(=O)NC1CCCCC1. The van der Waals surface area contributed by atoms with Crippen molar-refractivity contribution < 1.29 is 24.6 Å². The second-order valence-corrected chi connectivity index (χ2v) is 11.0. The van der Waals surface area contributed by atoms with Crippen molar-refractivity contribution in [2.45, 2.75) is 89.1 Å². The lowest BCUT2D eigenvalue weighted by molar-refractivity contribution is -0.123. The first-order valence-electron chi connectivity index (χ1n) is 14.5. The average molecular weight is 551 g/mol. The van der Waals surface area contributed by atoms with E-state index in [4.69, 9.17) is 0 Å². The van der Waals surface area contributed by atoms with Gasteiger partial charge in [0.15, 0.2) is 0 Å². The highest BCUT2D eigenvalue weighted by Gasteiger charge is 2.27. The summed E-state index contributed by atoms with van der Waals surface area (Å²) in [7, 11) is 0. The monoisotopic (exact) mass is 550 g/mol. The lowest BCUT2D eigenvalue weighted by Gasteiger charge is -2.28. The van der Waals surface area contributed by atoms with Crippen LogP contribution in [0.2, 0.25) is 0 Å². The van der Waals surface area contributed by atoms with E-state index < -0.39 is 24.1 Å². The van der Waals surface area contributed by atoms with E-state index in [1.807, 2.05) is 30.3 Å². The number of benzene rings is 2. The molecular formula is C31H42N4O5. The van der Waals surface area contributed by atoms with Crippen LogP contribution < -0.4 is 20.9 Å². The van der Waals surface area contributed by atoms with Gasteiger partial charge in [-0.3, -0.25) is 14.4 Å². The number of aliphatic hydroxyl groups is 2. The summed E-state index contributed by atoms with van der Waals surface area (Å²) in [6.45, 7) is 2.19. The van der Waals surface area contributed by atoms with Crippen LogP contribution in [-0.4, -0.2) is 65.3 Å². The molecule has 0 unspecified atom stereocenters. The summed E-state index contributed by atoms with van der Waals surface area (Å²) in [5, 5.41) is 30.2. The molecule has 1 saturated carbocycles. The summed E-state index contributed by atoms with van der Waals surface area (Å²) < 4.78 is 0. The predicted molar refractivity (Wildman–Crippen MR) is 154 cm³/mol. The molecule has 2 aromatic carbocycles. The Morgan fingerprint density at radius 2 is 1.77 bits per heavy atom. The maximum absolute atomic E-state index is 13.4. The number of nitrogens with one attached hydrogen (secondary N) is 3. The second kappa shape index (κ2) is 14.4. The van der Waals surface area contributed by atoms with Crippen molar-refractivity contribution in [2.75, 3.05) is 18.0 Å². The van der Waals surface area contributed by atoms with E-state index in [0.29, 0.717) is 36.2 Å². The van der Waals surface area contributed by atoms with Crippen LogP contribution in [0.5, 0.6) is 0 Å². The minimum absolute atomic E-state index is 0.00783. The number of anilines is 1. The normalized spacial score (nSPS) is 18.3. The molecule has 1 heterocycles. The van der Waals surface area contributed by atoms with E-state index in [-0.39, 0.29) is 31.0 Å². The van der Waals surface area contributed by atoms with Crippen molar-refractivity contribution in [1.29, 1.82) is 0 Å². The predicted octanol–water partition coefficient (Wildman–Crippen LogP) is 2.43. The first-order valence-corrected chi connectivity index (χ1v) is 14.5. The van der Waals surface area contributed by atoms with Gasteiger partial charge in [-0.05, 0) is 61.9 Å². The van der Waals surface area contributed by atoms with E-state index in [1.165, 1.54) is 6.42 Å². The fraction of sp³-hybridized carbons (Fsp3) is 0.516. The number of carbonyl (C=O) groups excluding carboxylic acids is 3. The Morgan fingerprint density at radius 1 is 1.02 bits per heavy atom. The van der Waals surface area contributed by atoms with Gasteiger partial charge in [0.2, 0.25) is 11.8 Å². The summed E-state index contributed by atoms with van der Waals surface area (Å²) in [4.78, 5) is 40.1. The summed E-state index contributed by atoms with van der Waals surface area (Å²) in [6.07, 6.45) is 6.08. The molecule has 1 saturated heterocycles. The zero-order valence-corrected chi connectivity index (χ0v) is 23.3. The fourth-order valence-electron chi connectivity index (χ4n) is 5.48.